The molecule has 0 N–H and O–H groups in total. The number of hydrazone groups is 1. The van der Waals surface area contributed by atoms with Gasteiger partial charge in [-0.05, 0) is 24.5 Å². The van der Waals surface area contributed by atoms with Gasteiger partial charge in [-0.2, -0.15) is 5.10 Å². The van der Waals surface area contributed by atoms with Crippen LogP contribution in [0.4, 0.5) is 8.78 Å². The van der Waals surface area contributed by atoms with E-state index >= 15 is 0 Å². The third-order valence-electron chi connectivity index (χ3n) is 3.89. The van der Waals surface area contributed by atoms with Gasteiger partial charge in [0.25, 0.3) is 0 Å². The van der Waals surface area contributed by atoms with Crippen molar-refractivity contribution in [3.63, 3.8) is 0 Å². The fraction of sp³-hybridized carbons (Fsp3) is 0.400. The van der Waals surface area contributed by atoms with E-state index in [9.17, 15) is 18.4 Å². The molecule has 2 aliphatic rings. The first-order valence-electron chi connectivity index (χ1n) is 6.98. The van der Waals surface area contributed by atoms with Crippen molar-refractivity contribution in [1.82, 2.24) is 5.01 Å². The highest BCUT2D eigenvalue weighted by molar-refractivity contribution is 6.37. The van der Waals surface area contributed by atoms with Crippen LogP contribution in [0.15, 0.2) is 17.2 Å². The fourth-order valence-corrected chi connectivity index (χ4v) is 2.74. The summed E-state index contributed by atoms with van der Waals surface area (Å²) in [6.07, 6.45) is 0.514. The van der Waals surface area contributed by atoms with Crippen molar-refractivity contribution in [2.24, 2.45) is 5.10 Å². The van der Waals surface area contributed by atoms with Gasteiger partial charge >= 0.3 is 5.97 Å². The summed E-state index contributed by atoms with van der Waals surface area (Å²) < 4.78 is 32.3. The summed E-state index contributed by atoms with van der Waals surface area (Å²) in [6.45, 7) is 0. The SMILES string of the molecule is CN1N=C(C(=O)O[C@H]2CCc3c(F)cc(F)cc32)CCC1=O. The van der Waals surface area contributed by atoms with Crippen LogP contribution in [0.25, 0.3) is 0 Å². The quantitative estimate of drug-likeness (QED) is 0.786. The van der Waals surface area contributed by atoms with Gasteiger partial charge in [-0.15, -0.1) is 0 Å². The monoisotopic (exact) mass is 308 g/mol. The number of hydrogen-bond donors (Lipinski definition) is 0. The Hall–Kier alpha value is -2.31. The van der Waals surface area contributed by atoms with E-state index in [2.05, 4.69) is 5.10 Å². The summed E-state index contributed by atoms with van der Waals surface area (Å²) in [4.78, 5) is 23.4. The van der Waals surface area contributed by atoms with E-state index in [-0.39, 0.29) is 24.5 Å². The highest BCUT2D eigenvalue weighted by Gasteiger charge is 2.31. The molecule has 0 spiro atoms. The number of ether oxygens (including phenoxy) is 1. The van der Waals surface area contributed by atoms with Gasteiger partial charge < -0.3 is 4.74 Å². The lowest BCUT2D eigenvalue weighted by Gasteiger charge is -2.20. The number of carbonyl (C=O) groups excluding carboxylic acids is 2. The van der Waals surface area contributed by atoms with E-state index in [0.717, 1.165) is 11.1 Å². The standard InChI is InChI=1S/C15H14F2N2O3/c1-19-14(20)5-3-12(18-19)15(21)22-13-4-2-9-10(13)6-8(16)7-11(9)17/h6-7,13H,2-5H2,1H3/t13-/m0/s1. The highest BCUT2D eigenvalue weighted by Crippen LogP contribution is 2.36. The Morgan fingerprint density at radius 2 is 2.09 bits per heavy atom. The Labute approximate surface area is 125 Å². The maximum Gasteiger partial charge on any atom is 0.355 e. The molecule has 0 saturated heterocycles. The topological polar surface area (TPSA) is 59.0 Å². The zero-order chi connectivity index (χ0) is 15.9. The summed E-state index contributed by atoms with van der Waals surface area (Å²) in [7, 11) is 1.46. The van der Waals surface area contributed by atoms with Gasteiger partial charge in [-0.1, -0.05) is 0 Å². The van der Waals surface area contributed by atoms with Crippen LogP contribution in [-0.4, -0.2) is 29.6 Å². The highest BCUT2D eigenvalue weighted by atomic mass is 19.1. The van der Waals surface area contributed by atoms with Gasteiger partial charge in [0.1, 0.15) is 23.5 Å². The van der Waals surface area contributed by atoms with E-state index in [1.165, 1.54) is 13.1 Å². The van der Waals surface area contributed by atoms with Gasteiger partial charge in [0, 0.05) is 31.5 Å². The van der Waals surface area contributed by atoms with E-state index in [1.807, 2.05) is 0 Å². The van der Waals surface area contributed by atoms with E-state index in [1.54, 1.807) is 0 Å². The number of amides is 1. The summed E-state index contributed by atoms with van der Waals surface area (Å²) in [5, 5.41) is 4.97. The van der Waals surface area contributed by atoms with Gasteiger partial charge in [0.15, 0.2) is 0 Å². The second-order valence-electron chi connectivity index (χ2n) is 5.35. The molecule has 3 rings (SSSR count). The molecule has 1 aliphatic carbocycles. The molecule has 1 heterocycles. The summed E-state index contributed by atoms with van der Waals surface area (Å²) in [5.74, 6) is -2.14. The molecule has 116 valence electrons. The Balaban J connectivity index is 1.78. The number of benzene rings is 1. The lowest BCUT2D eigenvalue weighted by molar-refractivity contribution is -0.141. The normalized spacial score (nSPS) is 20.7. The minimum Gasteiger partial charge on any atom is -0.453 e. The third kappa shape index (κ3) is 2.58. The average molecular weight is 308 g/mol. The number of hydrogen-bond acceptors (Lipinski definition) is 4. The number of esters is 1. The number of halogens is 2. The molecule has 1 atom stereocenters. The lowest BCUT2D eigenvalue weighted by atomic mass is 10.1. The van der Waals surface area contributed by atoms with Crippen molar-refractivity contribution >= 4 is 17.6 Å². The van der Waals surface area contributed by atoms with Crippen LogP contribution >= 0.6 is 0 Å². The molecule has 0 saturated carbocycles. The first-order valence-corrected chi connectivity index (χ1v) is 6.98. The molecule has 7 heteroatoms. The number of nitrogens with zero attached hydrogens (tertiary/aromatic N) is 2. The fourth-order valence-electron chi connectivity index (χ4n) is 2.74. The van der Waals surface area contributed by atoms with Crippen LogP contribution in [0.1, 0.15) is 36.5 Å². The minimum absolute atomic E-state index is 0.146. The average Bonchev–Trinajstić information content (AvgIpc) is 2.85. The molecular weight excluding hydrogens is 294 g/mol. The molecule has 0 fully saturated rings. The zero-order valence-corrected chi connectivity index (χ0v) is 11.9. The molecule has 1 aromatic carbocycles. The second kappa shape index (κ2) is 5.47. The predicted molar refractivity (Wildman–Crippen MR) is 73.0 cm³/mol. The molecule has 0 bridgehead atoms. The zero-order valence-electron chi connectivity index (χ0n) is 11.9. The van der Waals surface area contributed by atoms with E-state index in [4.69, 9.17) is 4.74 Å². The molecule has 1 aliphatic heterocycles. The smallest absolute Gasteiger partial charge is 0.355 e. The van der Waals surface area contributed by atoms with Crippen LogP contribution in [0.2, 0.25) is 0 Å². The van der Waals surface area contributed by atoms with Gasteiger partial charge in [0.05, 0.1) is 0 Å². The van der Waals surface area contributed by atoms with Crippen LogP contribution in [0.5, 0.6) is 0 Å². The molecule has 1 aromatic rings. The summed E-state index contributed by atoms with van der Waals surface area (Å²) in [5.41, 5.74) is 0.899. The van der Waals surface area contributed by atoms with Crippen LogP contribution in [0, 0.1) is 11.6 Å². The number of rotatable bonds is 2. The van der Waals surface area contributed by atoms with Gasteiger partial charge in [0.2, 0.25) is 5.91 Å². The summed E-state index contributed by atoms with van der Waals surface area (Å²) >= 11 is 0. The first kappa shape index (κ1) is 14.6. The van der Waals surface area contributed by atoms with Gasteiger partial charge in [-0.25, -0.2) is 18.6 Å². The maximum atomic E-state index is 13.7. The van der Waals surface area contributed by atoms with Crippen molar-refractivity contribution in [3.05, 3.63) is 34.9 Å². The van der Waals surface area contributed by atoms with Crippen molar-refractivity contribution in [1.29, 1.82) is 0 Å². The molecule has 22 heavy (non-hydrogen) atoms. The van der Waals surface area contributed by atoms with Crippen molar-refractivity contribution in [2.75, 3.05) is 7.05 Å². The number of fused-ring (bicyclic) bond motifs is 1. The number of carbonyl (C=O) groups is 2. The molecule has 0 aromatic heterocycles. The Bertz CT molecular complexity index is 688. The molecule has 1 amide bonds. The second-order valence-corrected chi connectivity index (χ2v) is 5.35. The Morgan fingerprint density at radius 1 is 1.32 bits per heavy atom. The van der Waals surface area contributed by atoms with Crippen molar-refractivity contribution in [2.45, 2.75) is 31.8 Å². The van der Waals surface area contributed by atoms with Crippen LogP contribution < -0.4 is 0 Å². The largest absolute Gasteiger partial charge is 0.453 e. The van der Waals surface area contributed by atoms with Crippen molar-refractivity contribution in [3.8, 4) is 0 Å². The van der Waals surface area contributed by atoms with E-state index in [0.29, 0.717) is 24.0 Å². The maximum absolute atomic E-state index is 13.7. The summed E-state index contributed by atoms with van der Waals surface area (Å²) in [6, 6.07) is 2.02. The minimum atomic E-state index is -0.695. The Kier molecular flexibility index (Phi) is 3.64. The van der Waals surface area contributed by atoms with Gasteiger partial charge in [-0.3, -0.25) is 4.79 Å². The van der Waals surface area contributed by atoms with Crippen LogP contribution in [-0.2, 0) is 20.7 Å². The van der Waals surface area contributed by atoms with E-state index < -0.39 is 23.7 Å². The molecule has 0 radical (unpaired) electrons. The molecular formula is C15H14F2N2O3. The Morgan fingerprint density at radius 3 is 2.82 bits per heavy atom. The predicted octanol–water partition coefficient (Wildman–Crippen LogP) is 2.10. The molecule has 0 unspecified atom stereocenters. The third-order valence-corrected chi connectivity index (χ3v) is 3.89. The molecule has 5 nitrogen and oxygen atoms in total. The lowest BCUT2D eigenvalue weighted by Crippen LogP contribution is -2.32. The first-order chi connectivity index (χ1) is 10.5. The van der Waals surface area contributed by atoms with Crippen LogP contribution in [0.3, 0.4) is 0 Å². The van der Waals surface area contributed by atoms with Crippen molar-refractivity contribution < 1.29 is 23.1 Å².